The number of morpholine rings is 1. The number of alkyl carbamates (subject to hydrolysis) is 1. The zero-order valence-corrected chi connectivity index (χ0v) is 19.4. The molecule has 9 nitrogen and oxygen atoms in total. The number of aryl methyl sites for hydroxylation is 1. The van der Waals surface area contributed by atoms with Crippen LogP contribution < -0.4 is 10.6 Å². The molecule has 1 saturated carbocycles. The van der Waals surface area contributed by atoms with Gasteiger partial charge in [-0.05, 0) is 26.2 Å². The van der Waals surface area contributed by atoms with Gasteiger partial charge in [-0.1, -0.05) is 20.8 Å². The van der Waals surface area contributed by atoms with Crippen LogP contribution in [-0.4, -0.2) is 71.9 Å². The van der Waals surface area contributed by atoms with Crippen molar-refractivity contribution in [3.63, 3.8) is 0 Å². The lowest BCUT2D eigenvalue weighted by Crippen LogP contribution is -2.50. The maximum absolute atomic E-state index is 13.3. The van der Waals surface area contributed by atoms with E-state index in [1.54, 1.807) is 0 Å². The first-order valence-corrected chi connectivity index (χ1v) is 11.3. The number of methoxy groups -OCH3 is 1. The molecule has 3 rings (SSSR count). The normalized spacial score (nSPS) is 20.2. The maximum atomic E-state index is 13.3. The number of rotatable bonds is 8. The molecule has 0 spiro atoms. The molecule has 31 heavy (non-hydrogen) atoms. The molecule has 2 fully saturated rings. The minimum Gasteiger partial charge on any atom is -0.453 e. The molecule has 9 heteroatoms. The highest BCUT2D eigenvalue weighted by Gasteiger charge is 2.41. The zero-order chi connectivity index (χ0) is 22.6. The van der Waals surface area contributed by atoms with Crippen molar-refractivity contribution in [2.75, 3.05) is 33.4 Å². The van der Waals surface area contributed by atoms with E-state index in [1.165, 1.54) is 7.11 Å². The lowest BCUT2D eigenvalue weighted by Gasteiger charge is -2.33. The van der Waals surface area contributed by atoms with Crippen LogP contribution in [0.3, 0.4) is 0 Å². The number of amides is 2. The van der Waals surface area contributed by atoms with Crippen molar-refractivity contribution in [1.29, 1.82) is 0 Å². The Hall–Kier alpha value is -2.13. The fraction of sp³-hybridized carbons (Fsp3) is 0.773. The highest BCUT2D eigenvalue weighted by Crippen LogP contribution is 2.36. The van der Waals surface area contributed by atoms with Gasteiger partial charge in [0.1, 0.15) is 11.9 Å². The van der Waals surface area contributed by atoms with Gasteiger partial charge in [-0.2, -0.15) is 0 Å². The quantitative estimate of drug-likeness (QED) is 0.606. The number of nitrogens with zero attached hydrogens (tertiary/aromatic N) is 3. The molecule has 174 valence electrons. The highest BCUT2D eigenvalue weighted by atomic mass is 16.5. The Labute approximate surface area is 184 Å². The van der Waals surface area contributed by atoms with Crippen molar-refractivity contribution in [3.05, 3.63) is 17.7 Å². The topological polar surface area (TPSA) is 97.7 Å². The van der Waals surface area contributed by atoms with Crippen LogP contribution in [0.25, 0.3) is 0 Å². The van der Waals surface area contributed by atoms with Gasteiger partial charge in [0.05, 0.1) is 25.5 Å². The van der Waals surface area contributed by atoms with Crippen molar-refractivity contribution in [1.82, 2.24) is 25.1 Å². The standard InChI is InChI=1S/C22H37N5O4/c1-15(27(16-7-8-16)19(28)18-13-23-10-12-31-18)17-14-26(20(25-17)22(2,3)4)11-6-9-24-21(29)30-5/h14-16,18,23H,6-13H2,1-5H3,(H,24,29)/t15-,18-/m1/s1. The molecule has 1 aromatic rings. The lowest BCUT2D eigenvalue weighted by atomic mass is 9.95. The van der Waals surface area contributed by atoms with Gasteiger partial charge in [0.25, 0.3) is 5.91 Å². The molecule has 1 aromatic heterocycles. The van der Waals surface area contributed by atoms with Gasteiger partial charge >= 0.3 is 6.09 Å². The third-order valence-corrected chi connectivity index (χ3v) is 5.74. The van der Waals surface area contributed by atoms with E-state index in [4.69, 9.17) is 9.72 Å². The van der Waals surface area contributed by atoms with E-state index in [9.17, 15) is 9.59 Å². The Morgan fingerprint density at radius 2 is 2.16 bits per heavy atom. The Balaban J connectivity index is 1.75. The fourth-order valence-corrected chi connectivity index (χ4v) is 3.99. The predicted octanol–water partition coefficient (Wildman–Crippen LogP) is 1.97. The molecule has 1 saturated heterocycles. The molecular formula is C22H37N5O4. The van der Waals surface area contributed by atoms with Crippen LogP contribution in [0.4, 0.5) is 4.79 Å². The van der Waals surface area contributed by atoms with Crippen LogP contribution in [0.5, 0.6) is 0 Å². The number of aromatic nitrogens is 2. The van der Waals surface area contributed by atoms with E-state index >= 15 is 0 Å². The summed E-state index contributed by atoms with van der Waals surface area (Å²) in [7, 11) is 1.36. The fourth-order valence-electron chi connectivity index (χ4n) is 3.99. The van der Waals surface area contributed by atoms with Gasteiger partial charge in [0.15, 0.2) is 0 Å². The van der Waals surface area contributed by atoms with Crippen LogP contribution in [-0.2, 0) is 26.2 Å². The van der Waals surface area contributed by atoms with Gasteiger partial charge in [0.2, 0.25) is 0 Å². The average molecular weight is 436 g/mol. The van der Waals surface area contributed by atoms with E-state index < -0.39 is 12.2 Å². The molecule has 1 aliphatic heterocycles. The summed E-state index contributed by atoms with van der Waals surface area (Å²) in [5.74, 6) is 1.03. The number of hydrogen-bond donors (Lipinski definition) is 2. The average Bonchev–Trinajstić information content (AvgIpc) is 3.47. The van der Waals surface area contributed by atoms with Crippen molar-refractivity contribution < 1.29 is 19.1 Å². The van der Waals surface area contributed by atoms with Crippen LogP contribution >= 0.6 is 0 Å². The summed E-state index contributed by atoms with van der Waals surface area (Å²) >= 11 is 0. The predicted molar refractivity (Wildman–Crippen MR) is 117 cm³/mol. The summed E-state index contributed by atoms with van der Waals surface area (Å²) in [6.07, 6.45) is 4.03. The van der Waals surface area contributed by atoms with Gasteiger partial charge < -0.3 is 29.6 Å². The zero-order valence-electron chi connectivity index (χ0n) is 19.4. The van der Waals surface area contributed by atoms with Crippen molar-refractivity contribution >= 4 is 12.0 Å². The van der Waals surface area contributed by atoms with Gasteiger partial charge in [-0.3, -0.25) is 4.79 Å². The molecule has 1 aliphatic carbocycles. The van der Waals surface area contributed by atoms with Crippen LogP contribution in [0.15, 0.2) is 6.20 Å². The molecule has 2 atom stereocenters. The first-order chi connectivity index (χ1) is 14.7. The smallest absolute Gasteiger partial charge is 0.406 e. The van der Waals surface area contributed by atoms with E-state index in [0.717, 1.165) is 43.9 Å². The van der Waals surface area contributed by atoms with Gasteiger partial charge in [0, 0.05) is 43.8 Å². The number of nitrogens with one attached hydrogen (secondary N) is 2. The van der Waals surface area contributed by atoms with Gasteiger partial charge in [-0.25, -0.2) is 9.78 Å². The number of hydrogen-bond acceptors (Lipinski definition) is 6. The van der Waals surface area contributed by atoms with E-state index in [2.05, 4.69) is 53.8 Å². The minimum atomic E-state index is -0.426. The van der Waals surface area contributed by atoms with E-state index in [0.29, 0.717) is 19.7 Å². The monoisotopic (exact) mass is 435 g/mol. The Bertz CT molecular complexity index is 762. The summed E-state index contributed by atoms with van der Waals surface area (Å²) in [6, 6.07) is 0.140. The van der Waals surface area contributed by atoms with E-state index in [1.807, 2.05) is 4.90 Å². The Morgan fingerprint density at radius 3 is 2.74 bits per heavy atom. The summed E-state index contributed by atoms with van der Waals surface area (Å²) in [5.41, 5.74) is 0.758. The molecule has 0 unspecified atom stereocenters. The van der Waals surface area contributed by atoms with Crippen LogP contribution in [0.2, 0.25) is 0 Å². The summed E-state index contributed by atoms with van der Waals surface area (Å²) in [5, 5.41) is 5.97. The van der Waals surface area contributed by atoms with Crippen molar-refractivity contribution in [2.45, 2.75) is 77.1 Å². The summed E-state index contributed by atoms with van der Waals surface area (Å²) in [4.78, 5) is 31.5. The minimum absolute atomic E-state index is 0.0522. The van der Waals surface area contributed by atoms with Crippen molar-refractivity contribution in [3.8, 4) is 0 Å². The number of ether oxygens (including phenoxy) is 2. The first kappa shape index (κ1) is 23.5. The molecular weight excluding hydrogens is 398 g/mol. The molecule has 2 N–H and O–H groups in total. The third-order valence-electron chi connectivity index (χ3n) is 5.74. The molecule has 0 aromatic carbocycles. The third kappa shape index (κ3) is 5.98. The second-order valence-electron chi connectivity index (χ2n) is 9.42. The SMILES string of the molecule is COC(=O)NCCCn1cc([C@@H](C)N(C(=O)[C@H]2CNCCO2)C2CC2)nc1C(C)(C)C. The lowest BCUT2D eigenvalue weighted by molar-refractivity contribution is -0.148. The van der Waals surface area contributed by atoms with Gasteiger partial charge in [-0.15, -0.1) is 0 Å². The molecule has 2 aliphatic rings. The second-order valence-corrected chi connectivity index (χ2v) is 9.42. The molecule has 2 amide bonds. The summed E-state index contributed by atoms with van der Waals surface area (Å²) < 4.78 is 12.5. The highest BCUT2D eigenvalue weighted by molar-refractivity contribution is 5.82. The first-order valence-electron chi connectivity index (χ1n) is 11.3. The Kier molecular flexibility index (Phi) is 7.59. The number of carbonyl (C=O) groups is 2. The van der Waals surface area contributed by atoms with Crippen LogP contribution in [0, 0.1) is 0 Å². The molecule has 0 bridgehead atoms. The number of carbonyl (C=O) groups excluding carboxylic acids is 2. The molecule has 2 heterocycles. The number of imidazole rings is 1. The van der Waals surface area contributed by atoms with Crippen LogP contribution in [0.1, 0.15) is 64.5 Å². The molecule has 0 radical (unpaired) electrons. The van der Waals surface area contributed by atoms with E-state index in [-0.39, 0.29) is 23.4 Å². The largest absolute Gasteiger partial charge is 0.453 e. The Morgan fingerprint density at radius 1 is 1.42 bits per heavy atom. The van der Waals surface area contributed by atoms with Crippen molar-refractivity contribution in [2.24, 2.45) is 0 Å². The maximum Gasteiger partial charge on any atom is 0.406 e. The second kappa shape index (κ2) is 9.99. The summed E-state index contributed by atoms with van der Waals surface area (Å²) in [6.45, 7) is 11.6.